The summed E-state index contributed by atoms with van der Waals surface area (Å²) in [7, 11) is 0. The predicted octanol–water partition coefficient (Wildman–Crippen LogP) is 4.36. The van der Waals surface area contributed by atoms with E-state index in [9.17, 15) is 22.4 Å². The third-order valence-corrected chi connectivity index (χ3v) is 4.76. The molecule has 0 fully saturated rings. The van der Waals surface area contributed by atoms with Crippen molar-refractivity contribution in [2.75, 3.05) is 17.7 Å². The molecular formula is C13H10BrF4NO2S. The Balaban J connectivity index is 2.23. The van der Waals surface area contributed by atoms with Gasteiger partial charge in [0.2, 0.25) is 0 Å². The first-order chi connectivity index (χ1) is 10.2. The van der Waals surface area contributed by atoms with E-state index in [1.807, 2.05) is 0 Å². The summed E-state index contributed by atoms with van der Waals surface area (Å²) in [5.74, 6) is -2.27. The Morgan fingerprint density at radius 3 is 2.64 bits per heavy atom. The maximum atomic E-state index is 13.9. The zero-order chi connectivity index (χ0) is 16.5. The molecule has 9 heteroatoms. The van der Waals surface area contributed by atoms with Crippen LogP contribution in [-0.4, -0.2) is 24.5 Å². The number of benzene rings is 1. The Bertz CT molecular complexity index is 646. The first-order valence-corrected chi connectivity index (χ1v) is 7.78. The summed E-state index contributed by atoms with van der Waals surface area (Å²) in [6.07, 6.45) is -4.31. The lowest BCUT2D eigenvalue weighted by atomic mass is 10.2. The highest BCUT2D eigenvalue weighted by molar-refractivity contribution is 9.12. The molecule has 2 rings (SSSR count). The summed E-state index contributed by atoms with van der Waals surface area (Å²) < 4.78 is 55.7. The monoisotopic (exact) mass is 399 g/mol. The maximum Gasteiger partial charge on any atom is 0.398 e. The van der Waals surface area contributed by atoms with Gasteiger partial charge in [0.15, 0.2) is 0 Å². The number of esters is 1. The number of hydrogen-bond donors (Lipinski definition) is 1. The molecule has 120 valence electrons. The normalized spacial score (nSPS) is 15.3. The van der Waals surface area contributed by atoms with Gasteiger partial charge < -0.3 is 10.1 Å². The minimum atomic E-state index is -4.31. The number of rotatable bonds is 4. The van der Waals surface area contributed by atoms with Crippen molar-refractivity contribution in [3.8, 4) is 0 Å². The fourth-order valence-electron chi connectivity index (χ4n) is 1.70. The van der Waals surface area contributed by atoms with Gasteiger partial charge in [0.05, 0.1) is 17.1 Å². The molecular weight excluding hydrogens is 390 g/mol. The second-order valence-electron chi connectivity index (χ2n) is 4.50. The van der Waals surface area contributed by atoms with Crippen LogP contribution in [0.2, 0.25) is 0 Å². The van der Waals surface area contributed by atoms with Gasteiger partial charge in [-0.05, 0) is 40.5 Å². The standard InChI is InChI=1S/C13H10BrF4NO2S/c1-6-2-7(15)8(3-10(6)22-5-13(16,17)18)19-9-4-21-12(20)11(9)14/h2-3,19H,4-5H2,1H3. The van der Waals surface area contributed by atoms with Gasteiger partial charge in [0, 0.05) is 4.90 Å². The van der Waals surface area contributed by atoms with Crippen LogP contribution >= 0.6 is 27.7 Å². The van der Waals surface area contributed by atoms with Crippen molar-refractivity contribution in [1.82, 2.24) is 0 Å². The van der Waals surface area contributed by atoms with Crippen molar-refractivity contribution in [2.24, 2.45) is 0 Å². The van der Waals surface area contributed by atoms with Gasteiger partial charge >= 0.3 is 12.1 Å². The molecule has 0 aliphatic carbocycles. The molecule has 22 heavy (non-hydrogen) atoms. The number of nitrogens with one attached hydrogen (secondary N) is 1. The van der Waals surface area contributed by atoms with Crippen LogP contribution in [0.5, 0.6) is 0 Å². The number of ether oxygens (including phenoxy) is 1. The van der Waals surface area contributed by atoms with Crippen molar-refractivity contribution >= 4 is 39.3 Å². The Morgan fingerprint density at radius 2 is 2.09 bits per heavy atom. The van der Waals surface area contributed by atoms with Gasteiger partial charge in [0.1, 0.15) is 16.9 Å². The first kappa shape index (κ1) is 17.1. The average Bonchev–Trinajstić information content (AvgIpc) is 2.71. The fraction of sp³-hybridized carbons (Fsp3) is 0.308. The van der Waals surface area contributed by atoms with E-state index in [0.717, 1.165) is 6.07 Å². The molecule has 1 aromatic rings. The van der Waals surface area contributed by atoms with E-state index in [1.54, 1.807) is 0 Å². The number of aryl methyl sites for hydroxylation is 1. The molecule has 1 aromatic carbocycles. The Kier molecular flexibility index (Phi) is 5.06. The number of cyclic esters (lactones) is 1. The summed E-state index contributed by atoms with van der Waals surface area (Å²) in [5, 5.41) is 2.67. The first-order valence-electron chi connectivity index (χ1n) is 6.00. The summed E-state index contributed by atoms with van der Waals surface area (Å²) in [6.45, 7) is 1.47. The van der Waals surface area contributed by atoms with Gasteiger partial charge in [-0.3, -0.25) is 0 Å². The van der Waals surface area contributed by atoms with E-state index in [0.29, 0.717) is 27.9 Å². The molecule has 0 saturated carbocycles. The van der Waals surface area contributed by atoms with Crippen molar-refractivity contribution < 1.29 is 27.1 Å². The highest BCUT2D eigenvalue weighted by atomic mass is 79.9. The molecule has 1 aliphatic heterocycles. The topological polar surface area (TPSA) is 38.3 Å². The smallest absolute Gasteiger partial charge is 0.398 e. The molecule has 1 aliphatic rings. The summed E-state index contributed by atoms with van der Waals surface area (Å²) in [4.78, 5) is 11.5. The van der Waals surface area contributed by atoms with Crippen molar-refractivity contribution in [1.29, 1.82) is 0 Å². The average molecular weight is 400 g/mol. The van der Waals surface area contributed by atoms with Crippen LogP contribution in [-0.2, 0) is 9.53 Å². The van der Waals surface area contributed by atoms with Gasteiger partial charge in [-0.15, -0.1) is 11.8 Å². The van der Waals surface area contributed by atoms with Crippen LogP contribution in [0.4, 0.5) is 23.2 Å². The van der Waals surface area contributed by atoms with Gasteiger partial charge in [0.25, 0.3) is 0 Å². The number of carbonyl (C=O) groups excluding carboxylic acids is 1. The van der Waals surface area contributed by atoms with Gasteiger partial charge in [-0.25, -0.2) is 9.18 Å². The van der Waals surface area contributed by atoms with E-state index < -0.39 is 23.7 Å². The van der Waals surface area contributed by atoms with E-state index in [-0.39, 0.29) is 16.8 Å². The third kappa shape index (κ3) is 4.16. The summed E-state index contributed by atoms with van der Waals surface area (Å²) in [6, 6.07) is 2.43. The molecule has 1 heterocycles. The zero-order valence-corrected chi connectivity index (χ0v) is 13.6. The molecule has 0 unspecified atom stereocenters. The number of carbonyl (C=O) groups is 1. The van der Waals surface area contributed by atoms with E-state index >= 15 is 0 Å². The van der Waals surface area contributed by atoms with Crippen molar-refractivity contribution in [2.45, 2.75) is 18.0 Å². The van der Waals surface area contributed by atoms with Crippen LogP contribution in [0.25, 0.3) is 0 Å². The molecule has 1 N–H and O–H groups in total. The Labute approximate surface area is 136 Å². The zero-order valence-electron chi connectivity index (χ0n) is 11.2. The van der Waals surface area contributed by atoms with Crippen LogP contribution < -0.4 is 5.32 Å². The number of hydrogen-bond acceptors (Lipinski definition) is 4. The number of anilines is 1. The highest BCUT2D eigenvalue weighted by Crippen LogP contribution is 2.33. The molecule has 0 saturated heterocycles. The van der Waals surface area contributed by atoms with E-state index in [1.165, 1.54) is 13.0 Å². The summed E-state index contributed by atoms with van der Waals surface area (Å²) >= 11 is 3.59. The quantitative estimate of drug-likeness (QED) is 0.463. The van der Waals surface area contributed by atoms with Crippen LogP contribution in [0.3, 0.4) is 0 Å². The number of halogens is 5. The minimum Gasteiger partial charge on any atom is -0.455 e. The van der Waals surface area contributed by atoms with E-state index in [2.05, 4.69) is 21.2 Å². The highest BCUT2D eigenvalue weighted by Gasteiger charge is 2.28. The predicted molar refractivity (Wildman–Crippen MR) is 78.5 cm³/mol. The van der Waals surface area contributed by atoms with Gasteiger partial charge in [-0.2, -0.15) is 13.2 Å². The third-order valence-electron chi connectivity index (χ3n) is 2.73. The lowest BCUT2D eigenvalue weighted by Gasteiger charge is -2.13. The second kappa shape index (κ2) is 6.49. The van der Waals surface area contributed by atoms with Crippen LogP contribution in [0.1, 0.15) is 5.56 Å². The molecule has 3 nitrogen and oxygen atoms in total. The largest absolute Gasteiger partial charge is 0.455 e. The maximum absolute atomic E-state index is 13.9. The Hall–Kier alpha value is -1.22. The molecule has 0 atom stereocenters. The summed E-state index contributed by atoms with van der Waals surface area (Å²) in [5.41, 5.74) is 0.712. The molecule has 0 bridgehead atoms. The van der Waals surface area contributed by atoms with Crippen LogP contribution in [0.15, 0.2) is 27.2 Å². The minimum absolute atomic E-state index is 0.0134. The second-order valence-corrected chi connectivity index (χ2v) is 6.31. The molecule has 0 radical (unpaired) electrons. The molecule has 0 aromatic heterocycles. The number of alkyl halides is 3. The lowest BCUT2D eigenvalue weighted by molar-refractivity contribution is -0.135. The SMILES string of the molecule is Cc1cc(F)c(NC2=C(Br)C(=O)OC2)cc1SCC(F)(F)F. The van der Waals surface area contributed by atoms with E-state index in [4.69, 9.17) is 4.74 Å². The molecule has 0 spiro atoms. The van der Waals surface area contributed by atoms with Crippen LogP contribution in [0, 0.1) is 12.7 Å². The number of thioether (sulfide) groups is 1. The van der Waals surface area contributed by atoms with Crippen molar-refractivity contribution in [3.05, 3.63) is 33.7 Å². The lowest BCUT2D eigenvalue weighted by Crippen LogP contribution is -2.11. The van der Waals surface area contributed by atoms with Gasteiger partial charge in [-0.1, -0.05) is 0 Å². The fourth-order valence-corrected chi connectivity index (χ4v) is 2.84. The molecule has 0 amide bonds. The Morgan fingerprint density at radius 1 is 1.41 bits per heavy atom. The van der Waals surface area contributed by atoms with Crippen molar-refractivity contribution in [3.63, 3.8) is 0 Å².